The molecular weight excluding hydrogens is 204 g/mol. The van der Waals surface area contributed by atoms with Gasteiger partial charge >= 0.3 is 5.97 Å². The molecule has 0 rings (SSSR count). The van der Waals surface area contributed by atoms with E-state index in [9.17, 15) is 4.79 Å². The van der Waals surface area contributed by atoms with E-state index < -0.39 is 5.97 Å². The van der Waals surface area contributed by atoms with Gasteiger partial charge in [-0.2, -0.15) is 0 Å². The van der Waals surface area contributed by atoms with Gasteiger partial charge in [-0.05, 0) is 6.42 Å². The number of hydrazine groups is 1. The maximum absolute atomic E-state index is 10.1. The SMILES string of the molecule is CCCCCCCCCC(=O)O.CCNN. The molecule has 0 saturated heterocycles. The average Bonchev–Trinajstić information content (AvgIpc) is 2.28. The highest BCUT2D eigenvalue weighted by Gasteiger charge is 1.95. The smallest absolute Gasteiger partial charge is 0.303 e. The second-order valence-electron chi connectivity index (χ2n) is 3.82. The van der Waals surface area contributed by atoms with E-state index in [1.165, 1.54) is 32.1 Å². The van der Waals surface area contributed by atoms with Crippen molar-refractivity contribution >= 4 is 5.97 Å². The van der Waals surface area contributed by atoms with Gasteiger partial charge in [0.25, 0.3) is 0 Å². The largest absolute Gasteiger partial charge is 0.481 e. The lowest BCUT2D eigenvalue weighted by atomic mass is 10.1. The van der Waals surface area contributed by atoms with Crippen molar-refractivity contribution in [2.75, 3.05) is 6.54 Å². The minimum absolute atomic E-state index is 0.341. The molecule has 98 valence electrons. The summed E-state index contributed by atoms with van der Waals surface area (Å²) >= 11 is 0. The van der Waals surface area contributed by atoms with Crippen LogP contribution in [0.2, 0.25) is 0 Å². The van der Waals surface area contributed by atoms with Crippen molar-refractivity contribution in [3.63, 3.8) is 0 Å². The van der Waals surface area contributed by atoms with Gasteiger partial charge < -0.3 is 5.11 Å². The number of hydrogen-bond acceptors (Lipinski definition) is 3. The van der Waals surface area contributed by atoms with Crippen molar-refractivity contribution in [2.45, 2.75) is 65.2 Å². The molecule has 0 radical (unpaired) electrons. The second kappa shape index (κ2) is 16.8. The fourth-order valence-electron chi connectivity index (χ4n) is 1.23. The van der Waals surface area contributed by atoms with Crippen molar-refractivity contribution in [1.82, 2.24) is 5.43 Å². The van der Waals surface area contributed by atoms with Crippen molar-refractivity contribution in [3.8, 4) is 0 Å². The van der Waals surface area contributed by atoms with E-state index in [1.54, 1.807) is 0 Å². The number of nitrogens with two attached hydrogens (primary N) is 1. The van der Waals surface area contributed by atoms with E-state index >= 15 is 0 Å². The van der Waals surface area contributed by atoms with Crippen LogP contribution in [0.1, 0.15) is 65.2 Å². The lowest BCUT2D eigenvalue weighted by Gasteiger charge is -1.98. The summed E-state index contributed by atoms with van der Waals surface area (Å²) in [6, 6.07) is 0. The van der Waals surface area contributed by atoms with Gasteiger partial charge in [-0.1, -0.05) is 52.4 Å². The molecule has 0 aromatic rings. The minimum Gasteiger partial charge on any atom is -0.481 e. The molecule has 0 aliphatic carbocycles. The molecule has 0 spiro atoms. The molecule has 0 aromatic carbocycles. The van der Waals surface area contributed by atoms with E-state index in [0.29, 0.717) is 6.42 Å². The van der Waals surface area contributed by atoms with E-state index in [-0.39, 0.29) is 0 Å². The molecule has 0 heterocycles. The van der Waals surface area contributed by atoms with Crippen LogP contribution in [-0.2, 0) is 4.79 Å². The normalized spacial score (nSPS) is 9.44. The third kappa shape index (κ3) is 23.3. The second-order valence-corrected chi connectivity index (χ2v) is 3.82. The molecule has 4 nitrogen and oxygen atoms in total. The van der Waals surface area contributed by atoms with E-state index in [4.69, 9.17) is 10.9 Å². The van der Waals surface area contributed by atoms with Crippen LogP contribution < -0.4 is 11.3 Å². The van der Waals surface area contributed by atoms with E-state index in [0.717, 1.165) is 19.4 Å². The van der Waals surface area contributed by atoms with Crippen LogP contribution in [0.15, 0.2) is 0 Å². The molecule has 16 heavy (non-hydrogen) atoms. The van der Waals surface area contributed by atoms with Gasteiger partial charge in [-0.3, -0.25) is 16.1 Å². The Hall–Kier alpha value is -0.610. The zero-order valence-electron chi connectivity index (χ0n) is 10.8. The minimum atomic E-state index is -0.663. The Labute approximate surface area is 99.6 Å². The fourth-order valence-corrected chi connectivity index (χ4v) is 1.23. The number of rotatable bonds is 9. The summed E-state index contributed by atoms with van der Waals surface area (Å²) in [5, 5.41) is 8.35. The first-order valence-electron chi connectivity index (χ1n) is 6.34. The first-order valence-corrected chi connectivity index (χ1v) is 6.34. The predicted molar refractivity (Wildman–Crippen MR) is 68.1 cm³/mol. The Kier molecular flexibility index (Phi) is 18.7. The highest BCUT2D eigenvalue weighted by molar-refractivity contribution is 5.66. The van der Waals surface area contributed by atoms with E-state index in [1.807, 2.05) is 6.92 Å². The summed E-state index contributed by atoms with van der Waals surface area (Å²) in [5.41, 5.74) is 2.43. The molecule has 4 heteroatoms. The maximum Gasteiger partial charge on any atom is 0.303 e. The monoisotopic (exact) mass is 232 g/mol. The summed E-state index contributed by atoms with van der Waals surface area (Å²) in [5.74, 6) is 4.11. The van der Waals surface area contributed by atoms with Gasteiger partial charge in [0.1, 0.15) is 0 Å². The highest BCUT2D eigenvalue weighted by Crippen LogP contribution is 2.07. The Balaban J connectivity index is 0. The quantitative estimate of drug-likeness (QED) is 0.324. The zero-order chi connectivity index (χ0) is 12.6. The first kappa shape index (κ1) is 17.8. The topological polar surface area (TPSA) is 75.3 Å². The van der Waals surface area contributed by atoms with Crippen molar-refractivity contribution in [1.29, 1.82) is 0 Å². The highest BCUT2D eigenvalue weighted by atomic mass is 16.4. The van der Waals surface area contributed by atoms with Crippen LogP contribution in [-0.4, -0.2) is 17.6 Å². The lowest BCUT2D eigenvalue weighted by Crippen LogP contribution is -2.20. The number of aliphatic carboxylic acids is 1. The molecule has 0 aliphatic heterocycles. The van der Waals surface area contributed by atoms with Gasteiger partial charge in [0, 0.05) is 13.0 Å². The average molecular weight is 232 g/mol. The van der Waals surface area contributed by atoms with Crippen molar-refractivity contribution in [3.05, 3.63) is 0 Å². The van der Waals surface area contributed by atoms with Crippen LogP contribution in [0.5, 0.6) is 0 Å². The Bertz CT molecular complexity index is 139. The molecule has 0 fully saturated rings. The van der Waals surface area contributed by atoms with Crippen LogP contribution >= 0.6 is 0 Å². The first-order chi connectivity index (χ1) is 7.68. The zero-order valence-corrected chi connectivity index (χ0v) is 10.8. The van der Waals surface area contributed by atoms with Gasteiger partial charge in [0.15, 0.2) is 0 Å². The van der Waals surface area contributed by atoms with Gasteiger partial charge in [-0.15, -0.1) is 0 Å². The number of hydrogen-bond donors (Lipinski definition) is 3. The van der Waals surface area contributed by atoms with Crippen LogP contribution in [0.25, 0.3) is 0 Å². The van der Waals surface area contributed by atoms with Gasteiger partial charge in [-0.25, -0.2) is 0 Å². The third-order valence-electron chi connectivity index (χ3n) is 2.20. The molecule has 0 amide bonds. The summed E-state index contributed by atoms with van der Waals surface area (Å²) in [7, 11) is 0. The molecular formula is C12H28N2O2. The molecule has 4 N–H and O–H groups in total. The standard InChI is InChI=1S/C10H20O2.C2H8N2/c1-2-3-4-5-6-7-8-9-10(11)12;1-2-4-3/h2-9H2,1H3,(H,11,12);4H,2-3H2,1H3. The number of carbonyl (C=O) groups is 1. The molecule has 0 unspecified atom stereocenters. The van der Waals surface area contributed by atoms with Gasteiger partial charge in [0.2, 0.25) is 0 Å². The number of unbranched alkanes of at least 4 members (excludes halogenated alkanes) is 6. The summed E-state index contributed by atoms with van der Waals surface area (Å²) < 4.78 is 0. The Morgan fingerprint density at radius 3 is 1.88 bits per heavy atom. The summed E-state index contributed by atoms with van der Waals surface area (Å²) in [6.45, 7) is 4.99. The number of nitrogens with one attached hydrogen (secondary N) is 1. The molecule has 0 atom stereocenters. The van der Waals surface area contributed by atoms with Crippen LogP contribution in [0.4, 0.5) is 0 Å². The molecule has 0 aromatic heterocycles. The van der Waals surface area contributed by atoms with Gasteiger partial charge in [0.05, 0.1) is 0 Å². The predicted octanol–water partition coefficient (Wildman–Crippen LogP) is 2.68. The fraction of sp³-hybridized carbons (Fsp3) is 0.917. The van der Waals surface area contributed by atoms with Crippen molar-refractivity contribution < 1.29 is 9.90 Å². The Morgan fingerprint density at radius 2 is 1.50 bits per heavy atom. The van der Waals surface area contributed by atoms with Crippen LogP contribution in [0.3, 0.4) is 0 Å². The van der Waals surface area contributed by atoms with Crippen molar-refractivity contribution in [2.24, 2.45) is 5.84 Å². The Morgan fingerprint density at radius 1 is 1.06 bits per heavy atom. The van der Waals surface area contributed by atoms with Crippen LogP contribution in [0, 0.1) is 0 Å². The van der Waals surface area contributed by atoms with E-state index in [2.05, 4.69) is 12.3 Å². The molecule has 0 aliphatic rings. The molecule has 0 bridgehead atoms. The number of carboxylic acids is 1. The number of carboxylic acid groups (broad SMARTS) is 1. The molecule has 0 saturated carbocycles. The summed E-state index contributed by atoms with van der Waals surface area (Å²) in [6.07, 6.45) is 8.64. The lowest BCUT2D eigenvalue weighted by molar-refractivity contribution is -0.137. The summed E-state index contributed by atoms with van der Waals surface area (Å²) in [4.78, 5) is 10.1. The third-order valence-corrected chi connectivity index (χ3v) is 2.20. The maximum atomic E-state index is 10.1.